The van der Waals surface area contributed by atoms with Crippen LogP contribution in [0, 0.1) is 5.41 Å². The summed E-state index contributed by atoms with van der Waals surface area (Å²) in [5.41, 5.74) is 2.07. The third-order valence-electron chi connectivity index (χ3n) is 5.67. The number of likely N-dealkylation sites (N-methyl/N-ethyl adjacent to an activating group) is 1. The number of hydrogen-bond donors (Lipinski definition) is 2. The lowest BCUT2D eigenvalue weighted by Crippen LogP contribution is -2.59. The van der Waals surface area contributed by atoms with E-state index in [2.05, 4.69) is 51.3 Å². The molecule has 1 amide bonds. The molecule has 2 aromatic rings. The Hall–Kier alpha value is -1.80. The first-order chi connectivity index (χ1) is 12.7. The van der Waals surface area contributed by atoms with E-state index in [0.29, 0.717) is 12.4 Å². The van der Waals surface area contributed by atoms with Crippen LogP contribution in [0.4, 0.5) is 5.82 Å². The Balaban J connectivity index is 1.75. The van der Waals surface area contributed by atoms with Gasteiger partial charge in [0.25, 0.3) is 0 Å². The molecule has 0 aromatic carbocycles. The lowest BCUT2D eigenvalue weighted by atomic mass is 9.85. The lowest BCUT2D eigenvalue weighted by Gasteiger charge is -2.39. The van der Waals surface area contributed by atoms with Gasteiger partial charge in [0.15, 0.2) is 5.82 Å². The SMILES string of the molecule is CN(C)C1(C(=O)NC(CNc2ncnc3scnc23)C(C)(C)C)CCCC1. The minimum absolute atomic E-state index is 0.0360. The normalized spacial score (nSPS) is 18.0. The number of hydrogen-bond acceptors (Lipinski definition) is 7. The second kappa shape index (κ2) is 7.67. The zero-order valence-corrected chi connectivity index (χ0v) is 17.7. The highest BCUT2D eigenvalue weighted by Gasteiger charge is 2.44. The van der Waals surface area contributed by atoms with Crippen molar-refractivity contribution in [3.63, 3.8) is 0 Å². The van der Waals surface area contributed by atoms with Crippen molar-refractivity contribution in [2.45, 2.75) is 58.0 Å². The molecule has 0 spiro atoms. The lowest BCUT2D eigenvalue weighted by molar-refractivity contribution is -0.133. The topological polar surface area (TPSA) is 83.0 Å². The standard InChI is InChI=1S/C19H30N6OS/c1-18(2,3)13(24-17(26)19(25(4)5)8-6-7-9-19)10-20-15-14-16(22-11-21-15)27-12-23-14/h11-13H,6-10H2,1-5H3,(H,24,26)(H,20,21,22). The van der Waals surface area contributed by atoms with Crippen molar-refractivity contribution in [2.75, 3.05) is 26.0 Å². The summed E-state index contributed by atoms with van der Waals surface area (Å²) < 4.78 is 0. The predicted octanol–water partition coefficient (Wildman–Crippen LogP) is 2.90. The monoisotopic (exact) mass is 390 g/mol. The number of anilines is 1. The Bertz CT molecular complexity index is 791. The van der Waals surface area contributed by atoms with Gasteiger partial charge in [0.1, 0.15) is 16.7 Å². The zero-order chi connectivity index (χ0) is 19.7. The van der Waals surface area contributed by atoms with Gasteiger partial charge in [-0.2, -0.15) is 0 Å². The molecule has 0 bridgehead atoms. The minimum Gasteiger partial charge on any atom is -0.366 e. The van der Waals surface area contributed by atoms with E-state index in [-0.39, 0.29) is 22.9 Å². The molecular formula is C19H30N6OS. The molecule has 27 heavy (non-hydrogen) atoms. The number of carbonyl (C=O) groups is 1. The van der Waals surface area contributed by atoms with Crippen LogP contribution in [0.2, 0.25) is 0 Å². The van der Waals surface area contributed by atoms with Crippen LogP contribution in [0.5, 0.6) is 0 Å². The molecule has 3 rings (SSSR count). The number of nitrogens with zero attached hydrogens (tertiary/aromatic N) is 4. The molecule has 2 aromatic heterocycles. The van der Waals surface area contributed by atoms with E-state index >= 15 is 0 Å². The summed E-state index contributed by atoms with van der Waals surface area (Å²) in [5.74, 6) is 0.848. The summed E-state index contributed by atoms with van der Waals surface area (Å²) >= 11 is 1.49. The van der Waals surface area contributed by atoms with Crippen molar-refractivity contribution < 1.29 is 4.79 Å². The van der Waals surface area contributed by atoms with Crippen molar-refractivity contribution in [1.29, 1.82) is 0 Å². The van der Waals surface area contributed by atoms with E-state index in [1.165, 1.54) is 11.3 Å². The van der Waals surface area contributed by atoms with Crippen molar-refractivity contribution in [3.8, 4) is 0 Å². The molecule has 1 aliphatic rings. The van der Waals surface area contributed by atoms with Gasteiger partial charge in [-0.15, -0.1) is 11.3 Å². The van der Waals surface area contributed by atoms with E-state index < -0.39 is 0 Å². The second-order valence-corrected chi connectivity index (χ2v) is 9.47. The molecule has 1 saturated carbocycles. The summed E-state index contributed by atoms with van der Waals surface area (Å²) in [7, 11) is 4.02. The number of carbonyl (C=O) groups excluding carboxylic acids is 1. The maximum Gasteiger partial charge on any atom is 0.240 e. The van der Waals surface area contributed by atoms with Crippen LogP contribution in [-0.2, 0) is 4.79 Å². The molecule has 2 N–H and O–H groups in total. The van der Waals surface area contributed by atoms with Crippen LogP contribution in [-0.4, -0.2) is 58.0 Å². The van der Waals surface area contributed by atoms with E-state index in [4.69, 9.17) is 0 Å². The number of aromatic nitrogens is 3. The Morgan fingerprint density at radius 1 is 1.26 bits per heavy atom. The average molecular weight is 391 g/mol. The highest BCUT2D eigenvalue weighted by atomic mass is 32.1. The van der Waals surface area contributed by atoms with Crippen LogP contribution in [0.15, 0.2) is 11.8 Å². The summed E-state index contributed by atoms with van der Waals surface area (Å²) in [6.07, 6.45) is 5.59. The predicted molar refractivity (Wildman–Crippen MR) is 110 cm³/mol. The summed E-state index contributed by atoms with van der Waals surface area (Å²) in [4.78, 5) is 29.1. The molecule has 7 nitrogen and oxygen atoms in total. The van der Waals surface area contributed by atoms with Gasteiger partial charge in [-0.25, -0.2) is 15.0 Å². The molecule has 1 aliphatic carbocycles. The molecule has 148 valence electrons. The molecule has 1 atom stereocenters. The fourth-order valence-electron chi connectivity index (χ4n) is 3.73. The first-order valence-corrected chi connectivity index (χ1v) is 10.4. The van der Waals surface area contributed by atoms with Crippen molar-refractivity contribution in [2.24, 2.45) is 5.41 Å². The van der Waals surface area contributed by atoms with Crippen LogP contribution < -0.4 is 10.6 Å². The molecule has 0 saturated heterocycles. The van der Waals surface area contributed by atoms with Crippen molar-refractivity contribution >= 4 is 33.4 Å². The quantitative estimate of drug-likeness (QED) is 0.789. The first kappa shape index (κ1) is 19.9. The van der Waals surface area contributed by atoms with Gasteiger partial charge in [-0.1, -0.05) is 33.6 Å². The van der Waals surface area contributed by atoms with Crippen molar-refractivity contribution in [3.05, 3.63) is 11.8 Å². The Morgan fingerprint density at radius 2 is 1.96 bits per heavy atom. The molecular weight excluding hydrogens is 360 g/mol. The van der Waals surface area contributed by atoms with Crippen LogP contribution in [0.3, 0.4) is 0 Å². The highest BCUT2D eigenvalue weighted by Crippen LogP contribution is 2.34. The Morgan fingerprint density at radius 3 is 2.59 bits per heavy atom. The fourth-order valence-corrected chi connectivity index (χ4v) is 4.35. The molecule has 0 aliphatic heterocycles. The molecule has 1 unspecified atom stereocenters. The Kier molecular flexibility index (Phi) is 5.67. The van der Waals surface area contributed by atoms with Crippen LogP contribution in [0.25, 0.3) is 10.3 Å². The number of fused-ring (bicyclic) bond motifs is 1. The van der Waals surface area contributed by atoms with Gasteiger partial charge in [0.05, 0.1) is 17.1 Å². The maximum atomic E-state index is 13.2. The molecule has 2 heterocycles. The van der Waals surface area contributed by atoms with Gasteiger partial charge in [0, 0.05) is 6.54 Å². The Labute approximate surface area is 165 Å². The maximum absolute atomic E-state index is 13.2. The van der Waals surface area contributed by atoms with Gasteiger partial charge in [-0.05, 0) is 32.4 Å². The van der Waals surface area contributed by atoms with E-state index in [9.17, 15) is 4.79 Å². The summed E-state index contributed by atoms with van der Waals surface area (Å²) in [5, 5.41) is 6.71. The largest absolute Gasteiger partial charge is 0.366 e. The van der Waals surface area contributed by atoms with E-state index in [1.54, 1.807) is 11.8 Å². The molecule has 0 radical (unpaired) electrons. The number of rotatable bonds is 6. The number of nitrogens with one attached hydrogen (secondary N) is 2. The third-order valence-corrected chi connectivity index (χ3v) is 6.40. The number of thiazole rings is 1. The van der Waals surface area contributed by atoms with Crippen LogP contribution >= 0.6 is 11.3 Å². The minimum atomic E-state index is -0.388. The van der Waals surface area contributed by atoms with Gasteiger partial charge < -0.3 is 10.6 Å². The fraction of sp³-hybridized carbons (Fsp3) is 0.684. The second-order valence-electron chi connectivity index (χ2n) is 8.63. The zero-order valence-electron chi connectivity index (χ0n) is 16.9. The first-order valence-electron chi connectivity index (χ1n) is 9.50. The average Bonchev–Trinajstić information content (AvgIpc) is 3.26. The third kappa shape index (κ3) is 4.06. The van der Waals surface area contributed by atoms with Gasteiger partial charge in [0.2, 0.25) is 5.91 Å². The number of amides is 1. The smallest absolute Gasteiger partial charge is 0.240 e. The van der Waals surface area contributed by atoms with Crippen LogP contribution in [0.1, 0.15) is 46.5 Å². The summed E-state index contributed by atoms with van der Waals surface area (Å²) in [6.45, 7) is 7.03. The van der Waals surface area contributed by atoms with E-state index in [0.717, 1.165) is 36.0 Å². The van der Waals surface area contributed by atoms with E-state index in [1.807, 2.05) is 14.1 Å². The molecule has 8 heteroatoms. The van der Waals surface area contributed by atoms with Gasteiger partial charge in [-0.3, -0.25) is 9.69 Å². The molecule has 1 fully saturated rings. The van der Waals surface area contributed by atoms with Crippen molar-refractivity contribution in [1.82, 2.24) is 25.2 Å². The van der Waals surface area contributed by atoms with Gasteiger partial charge >= 0.3 is 0 Å². The summed E-state index contributed by atoms with van der Waals surface area (Å²) in [6, 6.07) is -0.0360. The highest BCUT2D eigenvalue weighted by molar-refractivity contribution is 7.16.